The first-order valence-electron chi connectivity index (χ1n) is 9.92. The van der Waals surface area contributed by atoms with E-state index < -0.39 is 84.8 Å². The van der Waals surface area contributed by atoms with Crippen molar-refractivity contribution < 1.29 is 96.3 Å². The van der Waals surface area contributed by atoms with Crippen molar-refractivity contribution in [2.24, 2.45) is 22.9 Å². The van der Waals surface area contributed by atoms with Crippen molar-refractivity contribution in [3.63, 3.8) is 0 Å². The van der Waals surface area contributed by atoms with Crippen molar-refractivity contribution in [1.82, 2.24) is 0 Å². The zero-order valence-corrected chi connectivity index (χ0v) is 21.2. The van der Waals surface area contributed by atoms with Crippen LogP contribution in [0.25, 0.3) is 0 Å². The van der Waals surface area contributed by atoms with Gasteiger partial charge in [0.15, 0.2) is 0 Å². The molecule has 0 fully saturated rings. The summed E-state index contributed by atoms with van der Waals surface area (Å²) in [6.07, 6.45) is -1.72. The third-order valence-electron chi connectivity index (χ3n) is 3.37. The molecule has 0 aliphatic heterocycles. The number of nitrogens with two attached hydrogens (primary N) is 4. The average molecular weight is 613 g/mol. The fraction of sp³-hybridized carbons (Fsp3) is 0.556. The number of hydrogen-bond acceptors (Lipinski definition) is 14. The van der Waals surface area contributed by atoms with Crippen LogP contribution < -0.4 is 33.1 Å². The summed E-state index contributed by atoms with van der Waals surface area (Å²) in [5.41, 5.74) is 19.6. The second kappa shape index (κ2) is 25.8. The zero-order valence-electron chi connectivity index (χ0n) is 20.0. The third kappa shape index (κ3) is 38.8. The standard InChI is InChI=1S/2C5H9NO4.2C4H7NO4.Mn/c2*6-3(5(9)10)1-2-4(7)8;2*5-2(4(8)9)1-3(6)7;/h2*3H,1-2,6H2,(H,7,8)(H,9,10);2*2H,1,5H2,(H,6,7)(H,8,9);/q;;;;+2/p-2/t2*3-;2*2-;/m0000./s1. The Labute approximate surface area is 230 Å². The van der Waals surface area contributed by atoms with E-state index in [0.29, 0.717) is 0 Å². The summed E-state index contributed by atoms with van der Waals surface area (Å²) in [5, 5.41) is 68.0. The Morgan fingerprint density at radius 2 is 0.718 bits per heavy atom. The van der Waals surface area contributed by atoms with Gasteiger partial charge in [0.1, 0.15) is 12.1 Å². The molecule has 0 rings (SSSR count). The van der Waals surface area contributed by atoms with Crippen LogP contribution in [0.1, 0.15) is 38.5 Å². The second-order valence-electron chi connectivity index (χ2n) is 6.80. The molecule has 0 aromatic carbocycles. The van der Waals surface area contributed by atoms with Crippen molar-refractivity contribution in [2.75, 3.05) is 0 Å². The van der Waals surface area contributed by atoms with Gasteiger partial charge in [-0.3, -0.25) is 28.8 Å². The van der Waals surface area contributed by atoms with Crippen molar-refractivity contribution >= 4 is 47.8 Å². The first kappa shape index (κ1) is 45.1. The number of carbonyl (C=O) groups excluding carboxylic acids is 2. The maximum absolute atomic E-state index is 9.88. The van der Waals surface area contributed by atoms with Gasteiger partial charge in [0.05, 0.1) is 24.8 Å². The molecular formula is C18H30MnN4O16. The molecule has 14 N–H and O–H groups in total. The number of carboxylic acids is 8. The molecule has 0 bridgehead atoms. The monoisotopic (exact) mass is 613 g/mol. The summed E-state index contributed by atoms with van der Waals surface area (Å²) in [6, 6.07) is -4.92. The van der Waals surface area contributed by atoms with Gasteiger partial charge < -0.3 is 73.4 Å². The Kier molecular flexibility index (Phi) is 29.8. The van der Waals surface area contributed by atoms with Gasteiger partial charge in [0, 0.05) is 24.9 Å². The zero-order chi connectivity index (χ0) is 31.2. The van der Waals surface area contributed by atoms with Gasteiger partial charge in [0.2, 0.25) is 0 Å². The minimum Gasteiger partial charge on any atom is -0.548 e. The van der Waals surface area contributed by atoms with Gasteiger partial charge in [-0.2, -0.15) is 0 Å². The van der Waals surface area contributed by atoms with Crippen LogP contribution in [-0.2, 0) is 55.4 Å². The minimum absolute atomic E-state index is 0. The largest absolute Gasteiger partial charge is 2.00 e. The van der Waals surface area contributed by atoms with Gasteiger partial charge in [-0.1, -0.05) is 0 Å². The van der Waals surface area contributed by atoms with Gasteiger partial charge in [-0.05, 0) is 12.8 Å². The molecule has 0 unspecified atom stereocenters. The fourth-order valence-electron chi connectivity index (χ4n) is 1.34. The quantitative estimate of drug-likeness (QED) is 0.0814. The Morgan fingerprint density at radius 1 is 0.487 bits per heavy atom. The summed E-state index contributed by atoms with van der Waals surface area (Å²) in [5.74, 6) is -9.94. The SMILES string of the molecule is N[C@@H](CC(=O)O)C(=O)O.N[C@@H](CC(=O)O)C(=O)O.N[C@@H](CCC(=O)O)C(=O)[O-].N[C@@H](CCC(=O)O)C(=O)[O-].[Mn+2]. The minimum atomic E-state index is -1.42. The van der Waals surface area contributed by atoms with Gasteiger partial charge in [-0.15, -0.1) is 0 Å². The predicted molar refractivity (Wildman–Crippen MR) is 115 cm³/mol. The van der Waals surface area contributed by atoms with Gasteiger partial charge in [-0.25, -0.2) is 0 Å². The summed E-state index contributed by atoms with van der Waals surface area (Å²) < 4.78 is 0. The molecule has 39 heavy (non-hydrogen) atoms. The fourth-order valence-corrected chi connectivity index (χ4v) is 1.34. The molecule has 0 aromatic heterocycles. The first-order chi connectivity index (χ1) is 17.1. The van der Waals surface area contributed by atoms with Crippen LogP contribution in [0.3, 0.4) is 0 Å². The van der Waals surface area contributed by atoms with E-state index in [2.05, 4.69) is 0 Å². The van der Waals surface area contributed by atoms with Crippen LogP contribution in [0, 0.1) is 0 Å². The molecular weight excluding hydrogens is 583 g/mol. The first-order valence-corrected chi connectivity index (χ1v) is 9.92. The van der Waals surface area contributed by atoms with Crippen molar-refractivity contribution in [3.05, 3.63) is 0 Å². The summed E-state index contributed by atoms with van der Waals surface area (Å²) >= 11 is 0. The van der Waals surface area contributed by atoms with Crippen LogP contribution in [0.15, 0.2) is 0 Å². The maximum Gasteiger partial charge on any atom is 2.00 e. The number of aliphatic carboxylic acids is 8. The topological polar surface area (TPSA) is 408 Å². The van der Waals surface area contributed by atoms with Crippen LogP contribution in [0.4, 0.5) is 0 Å². The molecule has 0 saturated carbocycles. The second-order valence-corrected chi connectivity index (χ2v) is 6.80. The summed E-state index contributed by atoms with van der Waals surface area (Å²) in [4.78, 5) is 78.7. The van der Waals surface area contributed by atoms with E-state index in [1.807, 2.05) is 0 Å². The molecule has 0 aliphatic rings. The van der Waals surface area contributed by atoms with Crippen LogP contribution in [-0.4, -0.2) is 103 Å². The molecule has 4 atom stereocenters. The molecule has 21 heteroatoms. The Balaban J connectivity index is -0.000000131. The van der Waals surface area contributed by atoms with Crippen LogP contribution >= 0.6 is 0 Å². The van der Waals surface area contributed by atoms with Crippen molar-refractivity contribution in [3.8, 4) is 0 Å². The molecule has 1 radical (unpaired) electrons. The van der Waals surface area contributed by atoms with Crippen LogP contribution in [0.2, 0.25) is 0 Å². The smallest absolute Gasteiger partial charge is 0.548 e. The van der Waals surface area contributed by atoms with Crippen LogP contribution in [0.5, 0.6) is 0 Å². The Bertz CT molecular complexity index is 759. The summed E-state index contributed by atoms with van der Waals surface area (Å²) in [7, 11) is 0. The molecule has 0 amide bonds. The van der Waals surface area contributed by atoms with Gasteiger partial charge >= 0.3 is 52.9 Å². The Morgan fingerprint density at radius 3 is 0.821 bits per heavy atom. The van der Waals surface area contributed by atoms with Gasteiger partial charge in [0.25, 0.3) is 0 Å². The van der Waals surface area contributed by atoms with E-state index >= 15 is 0 Å². The van der Waals surface area contributed by atoms with E-state index in [1.54, 1.807) is 0 Å². The molecule has 0 spiro atoms. The molecule has 0 aromatic rings. The van der Waals surface area contributed by atoms with E-state index in [4.69, 9.17) is 53.6 Å². The Hall–Kier alpha value is -3.88. The average Bonchev–Trinajstić information content (AvgIpc) is 2.75. The molecule has 0 heterocycles. The third-order valence-corrected chi connectivity index (χ3v) is 3.37. The molecule has 0 saturated heterocycles. The predicted octanol–water partition coefficient (Wildman–Crippen LogP) is -6.40. The summed E-state index contributed by atoms with van der Waals surface area (Å²) in [6.45, 7) is 0. The van der Waals surface area contributed by atoms with E-state index in [0.717, 1.165) is 0 Å². The van der Waals surface area contributed by atoms with E-state index in [1.165, 1.54) is 0 Å². The number of carboxylic acid groups (broad SMARTS) is 8. The number of rotatable bonds is 14. The maximum atomic E-state index is 9.88. The van der Waals surface area contributed by atoms with Crippen molar-refractivity contribution in [2.45, 2.75) is 62.7 Å². The van der Waals surface area contributed by atoms with E-state index in [9.17, 15) is 48.6 Å². The number of hydrogen-bond donors (Lipinski definition) is 10. The van der Waals surface area contributed by atoms with E-state index in [-0.39, 0.29) is 42.8 Å². The number of carbonyl (C=O) groups is 8. The molecule has 0 aliphatic carbocycles. The normalized spacial score (nSPS) is 12.2. The molecule has 225 valence electrons. The molecule has 20 nitrogen and oxygen atoms in total. The van der Waals surface area contributed by atoms with Crippen molar-refractivity contribution in [1.29, 1.82) is 0 Å².